The van der Waals surface area contributed by atoms with E-state index in [-0.39, 0.29) is 11.3 Å². The van der Waals surface area contributed by atoms with E-state index in [0.717, 1.165) is 18.7 Å². The molecule has 18 heavy (non-hydrogen) atoms. The maximum atomic E-state index is 12.0. The Morgan fingerprint density at radius 2 is 2.06 bits per heavy atom. The monoisotopic (exact) mass is 252 g/mol. The van der Waals surface area contributed by atoms with Gasteiger partial charge in [-0.3, -0.25) is 9.48 Å². The van der Waals surface area contributed by atoms with Crippen LogP contribution in [0, 0.1) is 0 Å². The van der Waals surface area contributed by atoms with E-state index in [9.17, 15) is 4.79 Å². The standard InChI is InChI=1S/C13H24N4O/c1-13(2,3)11-9-10(17(5)16-11)12(18)15-8-6-7-14-4/h9,14H,6-8H2,1-5H3,(H,15,18). The Hall–Kier alpha value is -1.36. The molecule has 1 heterocycles. The highest BCUT2D eigenvalue weighted by atomic mass is 16.2. The second-order valence-corrected chi connectivity index (χ2v) is 5.50. The lowest BCUT2D eigenvalue weighted by Crippen LogP contribution is -2.28. The van der Waals surface area contributed by atoms with Gasteiger partial charge in [0.2, 0.25) is 0 Å². The molecule has 0 fully saturated rings. The van der Waals surface area contributed by atoms with Gasteiger partial charge < -0.3 is 10.6 Å². The Morgan fingerprint density at radius 1 is 1.39 bits per heavy atom. The highest BCUT2D eigenvalue weighted by molar-refractivity contribution is 5.92. The minimum Gasteiger partial charge on any atom is -0.351 e. The van der Waals surface area contributed by atoms with Gasteiger partial charge in [-0.05, 0) is 26.1 Å². The van der Waals surface area contributed by atoms with Crippen LogP contribution in [-0.2, 0) is 12.5 Å². The SMILES string of the molecule is CNCCCNC(=O)c1cc(C(C)(C)C)nn1C. The van der Waals surface area contributed by atoms with Crippen molar-refractivity contribution in [3.05, 3.63) is 17.5 Å². The van der Waals surface area contributed by atoms with Crippen LogP contribution in [0.1, 0.15) is 43.4 Å². The summed E-state index contributed by atoms with van der Waals surface area (Å²) in [6.45, 7) is 7.84. The first-order valence-corrected chi connectivity index (χ1v) is 6.33. The fourth-order valence-electron chi connectivity index (χ4n) is 1.60. The molecule has 0 radical (unpaired) electrons. The van der Waals surface area contributed by atoms with Gasteiger partial charge in [0.15, 0.2) is 0 Å². The molecule has 0 aromatic carbocycles. The van der Waals surface area contributed by atoms with Gasteiger partial charge in [0.05, 0.1) is 5.69 Å². The second kappa shape index (κ2) is 6.00. The molecule has 1 aromatic heterocycles. The molecule has 0 aliphatic heterocycles. The summed E-state index contributed by atoms with van der Waals surface area (Å²) in [6, 6.07) is 1.87. The first kappa shape index (κ1) is 14.7. The number of carbonyl (C=O) groups excluding carboxylic acids is 1. The molecule has 5 heteroatoms. The van der Waals surface area contributed by atoms with Crippen molar-refractivity contribution < 1.29 is 4.79 Å². The van der Waals surface area contributed by atoms with E-state index in [1.165, 1.54) is 0 Å². The highest BCUT2D eigenvalue weighted by Crippen LogP contribution is 2.21. The van der Waals surface area contributed by atoms with E-state index in [4.69, 9.17) is 0 Å². The first-order chi connectivity index (χ1) is 8.36. The zero-order valence-corrected chi connectivity index (χ0v) is 12.0. The zero-order valence-electron chi connectivity index (χ0n) is 12.0. The topological polar surface area (TPSA) is 58.9 Å². The van der Waals surface area contributed by atoms with Gasteiger partial charge in [-0.15, -0.1) is 0 Å². The minimum absolute atomic E-state index is 0.0393. The lowest BCUT2D eigenvalue weighted by molar-refractivity contribution is 0.0944. The summed E-state index contributed by atoms with van der Waals surface area (Å²) in [4.78, 5) is 12.0. The maximum Gasteiger partial charge on any atom is 0.269 e. The molecule has 1 aromatic rings. The van der Waals surface area contributed by atoms with Gasteiger partial charge in [0.1, 0.15) is 5.69 Å². The predicted molar refractivity (Wildman–Crippen MR) is 72.8 cm³/mol. The van der Waals surface area contributed by atoms with Gasteiger partial charge in [0.25, 0.3) is 5.91 Å². The summed E-state index contributed by atoms with van der Waals surface area (Å²) in [7, 11) is 3.70. The molecule has 102 valence electrons. The van der Waals surface area contributed by atoms with Gasteiger partial charge >= 0.3 is 0 Å². The van der Waals surface area contributed by atoms with Crippen LogP contribution in [0.2, 0.25) is 0 Å². The Morgan fingerprint density at radius 3 is 2.56 bits per heavy atom. The third-order valence-corrected chi connectivity index (χ3v) is 2.77. The van der Waals surface area contributed by atoms with Gasteiger partial charge in [-0.1, -0.05) is 20.8 Å². The van der Waals surface area contributed by atoms with E-state index in [1.54, 1.807) is 11.7 Å². The third-order valence-electron chi connectivity index (χ3n) is 2.77. The van der Waals surface area contributed by atoms with Crippen molar-refractivity contribution >= 4 is 5.91 Å². The molecular weight excluding hydrogens is 228 g/mol. The summed E-state index contributed by atoms with van der Waals surface area (Å²) < 4.78 is 1.65. The quantitative estimate of drug-likeness (QED) is 0.770. The van der Waals surface area contributed by atoms with Gasteiger partial charge in [-0.2, -0.15) is 5.10 Å². The van der Waals surface area contributed by atoms with Crippen LogP contribution in [-0.4, -0.2) is 35.8 Å². The summed E-state index contributed by atoms with van der Waals surface area (Å²) in [5.74, 6) is -0.0587. The van der Waals surface area contributed by atoms with Crippen molar-refractivity contribution in [1.82, 2.24) is 20.4 Å². The molecule has 0 spiro atoms. The smallest absolute Gasteiger partial charge is 0.269 e. The number of amides is 1. The molecule has 0 bridgehead atoms. The van der Waals surface area contributed by atoms with Crippen LogP contribution in [0.25, 0.3) is 0 Å². The van der Waals surface area contributed by atoms with Crippen LogP contribution in [0.3, 0.4) is 0 Å². The molecule has 1 amide bonds. The number of hydrogen-bond donors (Lipinski definition) is 2. The number of nitrogens with zero attached hydrogens (tertiary/aromatic N) is 2. The van der Waals surface area contributed by atoms with Crippen molar-refractivity contribution in [2.45, 2.75) is 32.6 Å². The normalized spacial score (nSPS) is 11.6. The lowest BCUT2D eigenvalue weighted by atomic mass is 9.92. The molecular formula is C13H24N4O. The van der Waals surface area contributed by atoms with Gasteiger partial charge in [0, 0.05) is 19.0 Å². The van der Waals surface area contributed by atoms with E-state index >= 15 is 0 Å². The molecule has 0 aliphatic rings. The lowest BCUT2D eigenvalue weighted by Gasteiger charge is -2.13. The second-order valence-electron chi connectivity index (χ2n) is 5.50. The van der Waals surface area contributed by atoms with Crippen molar-refractivity contribution in [1.29, 1.82) is 0 Å². The number of nitrogens with one attached hydrogen (secondary N) is 2. The third kappa shape index (κ3) is 3.84. The van der Waals surface area contributed by atoms with E-state index in [0.29, 0.717) is 12.2 Å². The molecule has 5 nitrogen and oxygen atoms in total. The van der Waals surface area contributed by atoms with Crippen molar-refractivity contribution in [3.8, 4) is 0 Å². The van der Waals surface area contributed by atoms with Gasteiger partial charge in [-0.25, -0.2) is 0 Å². The fraction of sp³-hybridized carbons (Fsp3) is 0.692. The predicted octanol–water partition coefficient (Wildman–Crippen LogP) is 1.06. The molecule has 2 N–H and O–H groups in total. The summed E-state index contributed by atoms with van der Waals surface area (Å²) in [5, 5.41) is 10.3. The molecule has 0 aliphatic carbocycles. The van der Waals surface area contributed by atoms with E-state index in [1.807, 2.05) is 13.1 Å². The fourth-order valence-corrected chi connectivity index (χ4v) is 1.60. The highest BCUT2D eigenvalue weighted by Gasteiger charge is 2.21. The number of aromatic nitrogens is 2. The number of aryl methyl sites for hydroxylation is 1. The first-order valence-electron chi connectivity index (χ1n) is 6.33. The van der Waals surface area contributed by atoms with Crippen molar-refractivity contribution in [2.75, 3.05) is 20.1 Å². The summed E-state index contributed by atoms with van der Waals surface area (Å²) >= 11 is 0. The number of hydrogen-bond acceptors (Lipinski definition) is 3. The molecule has 0 unspecified atom stereocenters. The number of carbonyl (C=O) groups is 1. The van der Waals surface area contributed by atoms with Crippen molar-refractivity contribution in [3.63, 3.8) is 0 Å². The van der Waals surface area contributed by atoms with Crippen LogP contribution >= 0.6 is 0 Å². The average Bonchev–Trinajstić information content (AvgIpc) is 2.66. The largest absolute Gasteiger partial charge is 0.351 e. The summed E-state index contributed by atoms with van der Waals surface area (Å²) in [6.07, 6.45) is 0.923. The van der Waals surface area contributed by atoms with Crippen molar-refractivity contribution in [2.24, 2.45) is 7.05 Å². The zero-order chi connectivity index (χ0) is 13.8. The average molecular weight is 252 g/mol. The number of rotatable bonds is 5. The summed E-state index contributed by atoms with van der Waals surface area (Å²) in [5.41, 5.74) is 1.51. The maximum absolute atomic E-state index is 12.0. The van der Waals surface area contributed by atoms with Crippen LogP contribution in [0.5, 0.6) is 0 Å². The van der Waals surface area contributed by atoms with E-state index < -0.39 is 0 Å². The molecule has 0 atom stereocenters. The Bertz CT molecular complexity index is 404. The molecule has 0 saturated heterocycles. The Balaban J connectivity index is 2.66. The molecule has 1 rings (SSSR count). The van der Waals surface area contributed by atoms with E-state index in [2.05, 4.69) is 36.5 Å². The van der Waals surface area contributed by atoms with Crippen LogP contribution in [0.4, 0.5) is 0 Å². The Labute approximate surface area is 109 Å². The Kier molecular flexibility index (Phi) is 4.90. The van der Waals surface area contributed by atoms with Crippen LogP contribution in [0.15, 0.2) is 6.07 Å². The minimum atomic E-state index is -0.0587. The molecule has 0 saturated carbocycles. The van der Waals surface area contributed by atoms with Crippen LogP contribution < -0.4 is 10.6 Å².